The van der Waals surface area contributed by atoms with Gasteiger partial charge in [0.25, 0.3) is 0 Å². The summed E-state index contributed by atoms with van der Waals surface area (Å²) in [6.07, 6.45) is -0.177. The van der Waals surface area contributed by atoms with Crippen molar-refractivity contribution in [3.05, 3.63) is 59.7 Å². The standard InChI is InChI=1S/C30H42N4O6/c1-29(2,3)39-27(37)21-11-15-23(16-12-21)32-26(36)24(33-28(38)40-30(4,5)6)19-20-9-13-22(14-10-20)31-25(35)17-18-34(7)8/h9-16,24H,17-19H2,1-8H3,(H,31,35)(H,32,36)(H,33,38). The molecule has 0 aliphatic rings. The first-order valence-corrected chi connectivity index (χ1v) is 13.2. The van der Waals surface area contributed by atoms with Crippen LogP contribution in [0.5, 0.6) is 0 Å². The lowest BCUT2D eigenvalue weighted by Gasteiger charge is -2.23. The average Bonchev–Trinajstić information content (AvgIpc) is 2.81. The summed E-state index contributed by atoms with van der Waals surface area (Å²) in [5.74, 6) is -1.02. The van der Waals surface area contributed by atoms with Crippen LogP contribution in [0.25, 0.3) is 0 Å². The number of hydrogen-bond donors (Lipinski definition) is 3. The lowest BCUT2D eigenvalue weighted by atomic mass is 10.0. The molecule has 0 saturated heterocycles. The first kappa shape index (κ1) is 32.3. The molecule has 2 aromatic rings. The number of carbonyl (C=O) groups excluding carboxylic acids is 4. The van der Waals surface area contributed by atoms with Crippen molar-refractivity contribution < 1.29 is 28.7 Å². The van der Waals surface area contributed by atoms with Gasteiger partial charge in [-0.25, -0.2) is 9.59 Å². The van der Waals surface area contributed by atoms with E-state index in [1.165, 1.54) is 0 Å². The van der Waals surface area contributed by atoms with Crippen molar-refractivity contribution in [2.24, 2.45) is 0 Å². The summed E-state index contributed by atoms with van der Waals surface area (Å²) in [6, 6.07) is 12.4. The SMILES string of the molecule is CN(C)CCC(=O)Nc1ccc(CC(NC(=O)OC(C)(C)C)C(=O)Nc2ccc(C(=O)OC(C)(C)C)cc2)cc1. The Balaban J connectivity index is 2.12. The molecule has 0 saturated carbocycles. The fourth-order valence-electron chi connectivity index (χ4n) is 3.42. The van der Waals surface area contributed by atoms with E-state index in [0.29, 0.717) is 29.9 Å². The summed E-state index contributed by atoms with van der Waals surface area (Å²) in [6.45, 7) is 11.2. The normalized spacial score (nSPS) is 12.3. The Labute approximate surface area is 236 Å². The van der Waals surface area contributed by atoms with E-state index < -0.39 is 35.2 Å². The molecule has 0 spiro atoms. The van der Waals surface area contributed by atoms with Gasteiger partial charge in [-0.2, -0.15) is 0 Å². The zero-order chi connectivity index (χ0) is 30.1. The largest absolute Gasteiger partial charge is 0.456 e. The van der Waals surface area contributed by atoms with Crippen LogP contribution in [-0.4, -0.2) is 66.7 Å². The van der Waals surface area contributed by atoms with Crippen LogP contribution in [0, 0.1) is 0 Å². The third kappa shape index (κ3) is 12.3. The number of benzene rings is 2. The van der Waals surface area contributed by atoms with Gasteiger partial charge in [0.2, 0.25) is 11.8 Å². The molecule has 0 radical (unpaired) electrons. The molecule has 0 heterocycles. The third-order valence-electron chi connectivity index (χ3n) is 5.26. The summed E-state index contributed by atoms with van der Waals surface area (Å²) in [7, 11) is 3.80. The summed E-state index contributed by atoms with van der Waals surface area (Å²) in [5, 5.41) is 8.28. The van der Waals surface area contributed by atoms with Crippen LogP contribution in [0.3, 0.4) is 0 Å². The van der Waals surface area contributed by atoms with Crippen molar-refractivity contribution in [3.63, 3.8) is 0 Å². The Hall–Kier alpha value is -3.92. The number of carbonyl (C=O) groups is 4. The van der Waals surface area contributed by atoms with Crippen molar-refractivity contribution in [2.45, 2.75) is 71.6 Å². The number of hydrogen-bond acceptors (Lipinski definition) is 7. The Morgan fingerprint density at radius 2 is 1.30 bits per heavy atom. The van der Waals surface area contributed by atoms with E-state index in [1.807, 2.05) is 19.0 Å². The van der Waals surface area contributed by atoms with E-state index >= 15 is 0 Å². The fourth-order valence-corrected chi connectivity index (χ4v) is 3.42. The second kappa shape index (κ2) is 13.9. The molecule has 2 aromatic carbocycles. The number of alkyl carbamates (subject to hydrolysis) is 1. The molecule has 0 aliphatic carbocycles. The third-order valence-corrected chi connectivity index (χ3v) is 5.26. The number of nitrogens with one attached hydrogen (secondary N) is 3. The minimum atomic E-state index is -0.957. The zero-order valence-corrected chi connectivity index (χ0v) is 24.7. The van der Waals surface area contributed by atoms with Gasteiger partial charge in [-0.1, -0.05) is 12.1 Å². The molecular weight excluding hydrogens is 512 g/mol. The van der Waals surface area contributed by atoms with Crippen molar-refractivity contribution in [3.8, 4) is 0 Å². The summed E-state index contributed by atoms with van der Waals surface area (Å²) < 4.78 is 10.7. The summed E-state index contributed by atoms with van der Waals surface area (Å²) in [5.41, 5.74) is 0.839. The highest BCUT2D eigenvalue weighted by atomic mass is 16.6. The van der Waals surface area contributed by atoms with Crippen molar-refractivity contribution in [2.75, 3.05) is 31.3 Å². The monoisotopic (exact) mass is 554 g/mol. The maximum Gasteiger partial charge on any atom is 0.408 e. The molecule has 40 heavy (non-hydrogen) atoms. The highest BCUT2D eigenvalue weighted by Crippen LogP contribution is 2.17. The predicted octanol–water partition coefficient (Wildman–Crippen LogP) is 4.61. The Morgan fingerprint density at radius 3 is 1.82 bits per heavy atom. The van der Waals surface area contributed by atoms with E-state index in [-0.39, 0.29) is 12.3 Å². The average molecular weight is 555 g/mol. The van der Waals surface area contributed by atoms with Gasteiger partial charge in [0.15, 0.2) is 0 Å². The number of ether oxygens (including phenoxy) is 2. The van der Waals surface area contributed by atoms with Gasteiger partial charge in [0, 0.05) is 30.8 Å². The maximum absolute atomic E-state index is 13.2. The van der Waals surface area contributed by atoms with Crippen LogP contribution in [-0.2, 0) is 25.5 Å². The van der Waals surface area contributed by atoms with Gasteiger partial charge in [0.05, 0.1) is 5.56 Å². The van der Waals surface area contributed by atoms with E-state index in [2.05, 4.69) is 16.0 Å². The molecule has 1 unspecified atom stereocenters. The Bertz CT molecular complexity index is 1160. The molecular formula is C30H42N4O6. The lowest BCUT2D eigenvalue weighted by Crippen LogP contribution is -2.47. The van der Waals surface area contributed by atoms with Gasteiger partial charge < -0.3 is 30.3 Å². The Morgan fingerprint density at radius 1 is 0.775 bits per heavy atom. The van der Waals surface area contributed by atoms with Gasteiger partial charge in [-0.05, 0) is 97.6 Å². The minimum Gasteiger partial charge on any atom is -0.456 e. The second-order valence-electron chi connectivity index (χ2n) is 11.8. The zero-order valence-electron chi connectivity index (χ0n) is 24.7. The number of rotatable bonds is 10. The molecule has 3 N–H and O–H groups in total. The Kier molecular flexibility index (Phi) is 11.2. The van der Waals surface area contributed by atoms with Crippen LogP contribution in [0.2, 0.25) is 0 Å². The molecule has 10 nitrogen and oxygen atoms in total. The predicted molar refractivity (Wildman–Crippen MR) is 155 cm³/mol. The van der Waals surface area contributed by atoms with E-state index in [4.69, 9.17) is 9.47 Å². The van der Waals surface area contributed by atoms with Crippen LogP contribution >= 0.6 is 0 Å². The van der Waals surface area contributed by atoms with Crippen LogP contribution < -0.4 is 16.0 Å². The van der Waals surface area contributed by atoms with E-state index in [9.17, 15) is 19.2 Å². The fraction of sp³-hybridized carbons (Fsp3) is 0.467. The summed E-state index contributed by atoms with van der Waals surface area (Å²) >= 11 is 0. The van der Waals surface area contributed by atoms with Gasteiger partial charge in [-0.3, -0.25) is 9.59 Å². The first-order valence-electron chi connectivity index (χ1n) is 13.2. The van der Waals surface area contributed by atoms with Crippen LogP contribution in [0.15, 0.2) is 48.5 Å². The molecule has 0 aromatic heterocycles. The number of nitrogens with zero attached hydrogens (tertiary/aromatic N) is 1. The number of anilines is 2. The molecule has 0 aliphatic heterocycles. The topological polar surface area (TPSA) is 126 Å². The molecule has 0 fully saturated rings. The molecule has 0 bridgehead atoms. The highest BCUT2D eigenvalue weighted by molar-refractivity contribution is 5.97. The smallest absolute Gasteiger partial charge is 0.408 e. The molecule has 2 rings (SSSR count). The van der Waals surface area contributed by atoms with Gasteiger partial charge in [-0.15, -0.1) is 0 Å². The van der Waals surface area contributed by atoms with Gasteiger partial charge in [0.1, 0.15) is 17.2 Å². The van der Waals surface area contributed by atoms with Crippen LogP contribution in [0.4, 0.5) is 16.2 Å². The van der Waals surface area contributed by atoms with E-state index in [0.717, 1.165) is 5.56 Å². The van der Waals surface area contributed by atoms with Gasteiger partial charge >= 0.3 is 12.1 Å². The highest BCUT2D eigenvalue weighted by Gasteiger charge is 2.25. The van der Waals surface area contributed by atoms with Crippen molar-refractivity contribution >= 4 is 35.3 Å². The maximum atomic E-state index is 13.2. The number of esters is 1. The second-order valence-corrected chi connectivity index (χ2v) is 11.8. The molecule has 3 amide bonds. The minimum absolute atomic E-state index is 0.0945. The summed E-state index contributed by atoms with van der Waals surface area (Å²) in [4.78, 5) is 52.1. The molecule has 218 valence electrons. The quantitative estimate of drug-likeness (QED) is 0.366. The van der Waals surface area contributed by atoms with Crippen molar-refractivity contribution in [1.29, 1.82) is 0 Å². The van der Waals surface area contributed by atoms with Crippen LogP contribution in [0.1, 0.15) is 63.9 Å². The van der Waals surface area contributed by atoms with Crippen molar-refractivity contribution in [1.82, 2.24) is 10.2 Å². The molecule has 10 heteroatoms. The first-order chi connectivity index (χ1) is 18.5. The molecule has 1 atom stereocenters. The lowest BCUT2D eigenvalue weighted by molar-refractivity contribution is -0.118. The van der Waals surface area contributed by atoms with E-state index in [1.54, 1.807) is 90.1 Å². The number of amides is 3.